The molecule has 0 aliphatic carbocycles. The van der Waals surface area contributed by atoms with Crippen LogP contribution >= 0.6 is 0 Å². The summed E-state index contributed by atoms with van der Waals surface area (Å²) in [6.45, 7) is 0.120. The van der Waals surface area contributed by atoms with Crippen LogP contribution in [-0.4, -0.2) is 18.0 Å². The minimum absolute atomic E-state index is 0.120. The number of nitrogens with one attached hydrogen (secondary N) is 2. The van der Waals surface area contributed by atoms with Crippen LogP contribution in [0, 0.1) is 5.82 Å². The maximum absolute atomic E-state index is 13.6. The summed E-state index contributed by atoms with van der Waals surface area (Å²) < 4.78 is 18.8. The Morgan fingerprint density at radius 2 is 1.96 bits per heavy atom. The third-order valence-electron chi connectivity index (χ3n) is 3.77. The first-order valence-corrected chi connectivity index (χ1v) is 8.04. The molecule has 0 radical (unpaired) electrons. The molecule has 0 spiro atoms. The van der Waals surface area contributed by atoms with Crippen LogP contribution in [0.4, 0.5) is 15.9 Å². The number of carbonyl (C=O) groups excluding carboxylic acids is 1. The molecule has 26 heavy (non-hydrogen) atoms. The van der Waals surface area contributed by atoms with E-state index < -0.39 is 0 Å². The molecular formula is C20H18FN3O2. The molecule has 1 aromatic heterocycles. The molecule has 6 heteroatoms. The molecule has 3 rings (SSSR count). The largest absolute Gasteiger partial charge is 0.497 e. The number of pyridine rings is 1. The van der Waals surface area contributed by atoms with Crippen molar-refractivity contribution in [2.45, 2.75) is 6.54 Å². The van der Waals surface area contributed by atoms with E-state index in [1.165, 1.54) is 12.3 Å². The number of hydrogen-bond acceptors (Lipinski definition) is 4. The van der Waals surface area contributed by atoms with Gasteiger partial charge in [0.25, 0.3) is 5.91 Å². The Bertz CT molecular complexity index is 898. The third-order valence-corrected chi connectivity index (χ3v) is 3.77. The molecule has 3 aromatic rings. The van der Waals surface area contributed by atoms with Gasteiger partial charge in [0, 0.05) is 30.1 Å². The quantitative estimate of drug-likeness (QED) is 0.707. The second kappa shape index (κ2) is 8.11. The lowest BCUT2D eigenvalue weighted by Crippen LogP contribution is -2.23. The fraction of sp³-hybridized carbons (Fsp3) is 0.100. The number of anilines is 2. The number of carbonyl (C=O) groups is 1. The van der Waals surface area contributed by atoms with Crippen molar-refractivity contribution < 1.29 is 13.9 Å². The first kappa shape index (κ1) is 17.4. The highest BCUT2D eigenvalue weighted by atomic mass is 19.1. The highest BCUT2D eigenvalue weighted by Gasteiger charge is 2.08. The van der Waals surface area contributed by atoms with Gasteiger partial charge < -0.3 is 15.4 Å². The van der Waals surface area contributed by atoms with Crippen LogP contribution in [-0.2, 0) is 6.54 Å². The molecular weight excluding hydrogens is 333 g/mol. The molecule has 0 unspecified atom stereocenters. The number of rotatable bonds is 6. The van der Waals surface area contributed by atoms with Crippen molar-refractivity contribution in [3.05, 3.63) is 83.8 Å². The molecule has 0 fully saturated rings. The van der Waals surface area contributed by atoms with Gasteiger partial charge in [0.15, 0.2) is 0 Å². The van der Waals surface area contributed by atoms with Gasteiger partial charge in [-0.25, -0.2) is 9.37 Å². The maximum atomic E-state index is 13.6. The van der Waals surface area contributed by atoms with Gasteiger partial charge >= 0.3 is 0 Å². The summed E-state index contributed by atoms with van der Waals surface area (Å²) in [5.41, 5.74) is 1.66. The van der Waals surface area contributed by atoms with Gasteiger partial charge in [-0.1, -0.05) is 24.3 Å². The molecule has 2 aromatic carbocycles. The van der Waals surface area contributed by atoms with E-state index in [0.717, 1.165) is 11.4 Å². The average molecular weight is 351 g/mol. The molecule has 0 saturated carbocycles. The van der Waals surface area contributed by atoms with E-state index >= 15 is 0 Å². The highest BCUT2D eigenvalue weighted by molar-refractivity contribution is 5.94. The molecule has 1 amide bonds. The van der Waals surface area contributed by atoms with Crippen molar-refractivity contribution in [3.8, 4) is 5.75 Å². The number of nitrogens with zero attached hydrogens (tertiary/aromatic N) is 1. The van der Waals surface area contributed by atoms with Gasteiger partial charge in [-0.2, -0.15) is 0 Å². The van der Waals surface area contributed by atoms with Crippen LogP contribution in [0.1, 0.15) is 15.9 Å². The summed E-state index contributed by atoms with van der Waals surface area (Å²) in [6.07, 6.45) is 1.47. The van der Waals surface area contributed by atoms with E-state index in [1.54, 1.807) is 37.4 Å². The summed E-state index contributed by atoms with van der Waals surface area (Å²) in [6, 6.07) is 17.1. The summed E-state index contributed by atoms with van der Waals surface area (Å²) in [5.74, 6) is 0.681. The normalized spacial score (nSPS) is 10.2. The van der Waals surface area contributed by atoms with Crippen molar-refractivity contribution in [1.82, 2.24) is 10.3 Å². The first-order chi connectivity index (χ1) is 12.7. The van der Waals surface area contributed by atoms with Crippen LogP contribution in [0.15, 0.2) is 66.9 Å². The standard InChI is InChI=1S/C20H18FN3O2/c1-26-17-7-4-6-16(11-17)24-19-10-9-15(13-22-19)20(25)23-12-14-5-2-3-8-18(14)21/h2-11,13H,12H2,1H3,(H,22,24)(H,23,25). The van der Waals surface area contributed by atoms with Crippen molar-refractivity contribution in [2.24, 2.45) is 0 Å². The van der Waals surface area contributed by atoms with E-state index in [4.69, 9.17) is 4.74 Å². The van der Waals surface area contributed by atoms with Crippen LogP contribution in [0.2, 0.25) is 0 Å². The Balaban J connectivity index is 1.61. The Hall–Kier alpha value is -3.41. The molecule has 0 atom stereocenters. The maximum Gasteiger partial charge on any atom is 0.253 e. The van der Waals surface area contributed by atoms with Gasteiger partial charge in [-0.3, -0.25) is 4.79 Å². The third kappa shape index (κ3) is 4.36. The monoisotopic (exact) mass is 351 g/mol. The number of hydrogen-bond donors (Lipinski definition) is 2. The number of halogens is 1. The lowest BCUT2D eigenvalue weighted by atomic mass is 10.2. The Kier molecular flexibility index (Phi) is 5.43. The van der Waals surface area contributed by atoms with E-state index in [9.17, 15) is 9.18 Å². The number of ether oxygens (including phenoxy) is 1. The van der Waals surface area contributed by atoms with Gasteiger partial charge in [0.2, 0.25) is 0 Å². The molecule has 132 valence electrons. The van der Waals surface area contributed by atoms with Crippen molar-refractivity contribution >= 4 is 17.4 Å². The summed E-state index contributed by atoms with van der Waals surface area (Å²) in [5, 5.41) is 5.82. The van der Waals surface area contributed by atoms with Crippen LogP contribution in [0.5, 0.6) is 5.75 Å². The minimum Gasteiger partial charge on any atom is -0.497 e. The molecule has 5 nitrogen and oxygen atoms in total. The zero-order valence-electron chi connectivity index (χ0n) is 14.2. The van der Waals surface area contributed by atoms with E-state index in [-0.39, 0.29) is 18.3 Å². The zero-order chi connectivity index (χ0) is 18.4. The van der Waals surface area contributed by atoms with Crippen molar-refractivity contribution in [2.75, 3.05) is 12.4 Å². The summed E-state index contributed by atoms with van der Waals surface area (Å²) in [4.78, 5) is 16.4. The molecule has 0 aliphatic rings. The Morgan fingerprint density at radius 1 is 1.12 bits per heavy atom. The molecule has 2 N–H and O–H groups in total. The Morgan fingerprint density at radius 3 is 2.69 bits per heavy atom. The van der Waals surface area contributed by atoms with Gasteiger partial charge in [-0.05, 0) is 30.3 Å². The second-order valence-corrected chi connectivity index (χ2v) is 5.56. The predicted molar refractivity (Wildman–Crippen MR) is 98.1 cm³/mol. The van der Waals surface area contributed by atoms with Crippen LogP contribution < -0.4 is 15.4 Å². The van der Waals surface area contributed by atoms with E-state index in [0.29, 0.717) is 16.9 Å². The van der Waals surface area contributed by atoms with Crippen LogP contribution in [0.3, 0.4) is 0 Å². The van der Waals surface area contributed by atoms with Gasteiger partial charge in [-0.15, -0.1) is 0 Å². The average Bonchev–Trinajstić information content (AvgIpc) is 2.68. The molecule has 1 heterocycles. The summed E-state index contributed by atoms with van der Waals surface area (Å²) in [7, 11) is 1.60. The SMILES string of the molecule is COc1cccc(Nc2ccc(C(=O)NCc3ccccc3F)cn2)c1. The lowest BCUT2D eigenvalue weighted by molar-refractivity contribution is 0.0950. The molecule has 0 saturated heterocycles. The number of benzene rings is 2. The van der Waals surface area contributed by atoms with E-state index in [1.807, 2.05) is 24.3 Å². The number of methoxy groups -OCH3 is 1. The zero-order valence-corrected chi connectivity index (χ0v) is 14.2. The Labute approximate surface area is 150 Å². The van der Waals surface area contributed by atoms with Crippen molar-refractivity contribution in [3.63, 3.8) is 0 Å². The highest BCUT2D eigenvalue weighted by Crippen LogP contribution is 2.20. The second-order valence-electron chi connectivity index (χ2n) is 5.56. The topological polar surface area (TPSA) is 63.2 Å². The molecule has 0 aliphatic heterocycles. The first-order valence-electron chi connectivity index (χ1n) is 8.04. The predicted octanol–water partition coefficient (Wildman–Crippen LogP) is 3.90. The van der Waals surface area contributed by atoms with Gasteiger partial charge in [0.1, 0.15) is 17.4 Å². The summed E-state index contributed by atoms with van der Waals surface area (Å²) >= 11 is 0. The van der Waals surface area contributed by atoms with Crippen molar-refractivity contribution in [1.29, 1.82) is 0 Å². The number of aromatic nitrogens is 1. The van der Waals surface area contributed by atoms with Crippen LogP contribution in [0.25, 0.3) is 0 Å². The minimum atomic E-state index is -0.344. The smallest absolute Gasteiger partial charge is 0.253 e. The number of amides is 1. The van der Waals surface area contributed by atoms with Gasteiger partial charge in [0.05, 0.1) is 12.7 Å². The fourth-order valence-corrected chi connectivity index (χ4v) is 2.37. The lowest BCUT2D eigenvalue weighted by Gasteiger charge is -2.09. The molecule has 0 bridgehead atoms. The van der Waals surface area contributed by atoms with E-state index in [2.05, 4.69) is 15.6 Å². The fourth-order valence-electron chi connectivity index (χ4n) is 2.37.